The Morgan fingerprint density at radius 3 is 2.41 bits per heavy atom. The van der Waals surface area contributed by atoms with Crippen LogP contribution in [0.5, 0.6) is 5.75 Å². The maximum Gasteiger partial charge on any atom is 0.338 e. The third-order valence-corrected chi connectivity index (χ3v) is 7.33. The predicted molar refractivity (Wildman–Crippen MR) is 110 cm³/mol. The smallest absolute Gasteiger partial charge is 0.338 e. The van der Waals surface area contributed by atoms with Crippen LogP contribution < -0.4 is 4.74 Å². The summed E-state index contributed by atoms with van der Waals surface area (Å²) in [4.78, 5) is 10.8. The zero-order valence-corrected chi connectivity index (χ0v) is 16.9. The Kier molecular flexibility index (Phi) is 4.26. The number of benzene rings is 1. The van der Waals surface area contributed by atoms with Gasteiger partial charge in [-0.2, -0.15) is 0 Å². The Bertz CT molecular complexity index is 955. The highest BCUT2D eigenvalue weighted by molar-refractivity contribution is 5.74. The van der Waals surface area contributed by atoms with Crippen molar-refractivity contribution in [1.29, 1.82) is 0 Å². The van der Waals surface area contributed by atoms with Crippen LogP contribution in [0.4, 0.5) is 5.69 Å². The lowest BCUT2D eigenvalue weighted by atomic mass is 9.48. The molecule has 4 saturated carbocycles. The topological polar surface area (TPSA) is 78.4 Å². The maximum atomic E-state index is 11.3. The minimum absolute atomic E-state index is 0.0857. The van der Waals surface area contributed by atoms with Crippen LogP contribution in [-0.2, 0) is 5.41 Å². The van der Waals surface area contributed by atoms with Crippen LogP contribution in [0.2, 0.25) is 0 Å². The van der Waals surface area contributed by atoms with Gasteiger partial charge in [-0.25, -0.2) is 0 Å². The van der Waals surface area contributed by atoms with Gasteiger partial charge in [-0.3, -0.25) is 10.1 Å². The summed E-state index contributed by atoms with van der Waals surface area (Å²) >= 11 is 0. The molecule has 0 atom stereocenters. The van der Waals surface area contributed by atoms with Gasteiger partial charge in [0, 0.05) is 5.56 Å². The molecule has 0 unspecified atom stereocenters. The Labute approximate surface area is 170 Å². The first-order valence-electron chi connectivity index (χ1n) is 10.4. The van der Waals surface area contributed by atoms with E-state index in [9.17, 15) is 10.1 Å². The van der Waals surface area contributed by atoms with E-state index in [-0.39, 0.29) is 17.1 Å². The zero-order chi connectivity index (χ0) is 20.2. The standard InChI is InChI=1S/C23H26N2O4/c1-14-22(25(26)27)21(29-24-14)5-3-18-10-19(4-6-20(18)28-2)23-11-15-7-16(12-23)9-17(8-15)13-23/h3-6,10,15-17H,7-9,11-13H2,1-2H3. The van der Waals surface area contributed by atoms with Crippen molar-refractivity contribution < 1.29 is 14.2 Å². The molecule has 6 rings (SSSR count). The fourth-order valence-corrected chi connectivity index (χ4v) is 6.54. The van der Waals surface area contributed by atoms with E-state index < -0.39 is 4.92 Å². The van der Waals surface area contributed by atoms with Gasteiger partial charge in [-0.05, 0) is 98.5 Å². The lowest BCUT2D eigenvalue weighted by Crippen LogP contribution is -2.48. The molecule has 0 spiro atoms. The summed E-state index contributed by atoms with van der Waals surface area (Å²) in [7, 11) is 1.65. The van der Waals surface area contributed by atoms with Crippen LogP contribution in [-0.4, -0.2) is 17.2 Å². The second kappa shape index (κ2) is 6.71. The minimum atomic E-state index is -0.450. The van der Waals surface area contributed by atoms with Gasteiger partial charge < -0.3 is 9.26 Å². The van der Waals surface area contributed by atoms with Gasteiger partial charge in [0.15, 0.2) is 5.69 Å². The van der Waals surface area contributed by atoms with Crippen LogP contribution in [0.15, 0.2) is 22.7 Å². The molecule has 0 saturated heterocycles. The number of nitrogens with zero attached hydrogens (tertiary/aromatic N) is 2. The summed E-state index contributed by atoms with van der Waals surface area (Å²) in [6.45, 7) is 1.58. The lowest BCUT2D eigenvalue weighted by molar-refractivity contribution is -0.386. The van der Waals surface area contributed by atoms with Crippen molar-refractivity contribution in [1.82, 2.24) is 5.16 Å². The maximum absolute atomic E-state index is 11.3. The summed E-state index contributed by atoms with van der Waals surface area (Å²) in [6.07, 6.45) is 11.6. The zero-order valence-electron chi connectivity index (χ0n) is 16.9. The second-order valence-electron chi connectivity index (χ2n) is 9.23. The largest absolute Gasteiger partial charge is 0.496 e. The van der Waals surface area contributed by atoms with E-state index in [2.05, 4.69) is 17.3 Å². The molecule has 4 aliphatic rings. The first-order chi connectivity index (χ1) is 14.0. The minimum Gasteiger partial charge on any atom is -0.496 e. The summed E-state index contributed by atoms with van der Waals surface area (Å²) in [5.41, 5.74) is 2.80. The summed E-state index contributed by atoms with van der Waals surface area (Å²) < 4.78 is 10.7. The van der Waals surface area contributed by atoms with Crippen LogP contribution in [0.3, 0.4) is 0 Å². The summed E-state index contributed by atoms with van der Waals surface area (Å²) in [5, 5.41) is 15.0. The number of ether oxygens (including phenoxy) is 1. The number of hydrogen-bond acceptors (Lipinski definition) is 5. The van der Waals surface area contributed by atoms with Crippen molar-refractivity contribution in [3.8, 4) is 5.75 Å². The number of nitro groups is 1. The molecule has 4 aliphatic carbocycles. The van der Waals surface area contributed by atoms with Gasteiger partial charge in [0.2, 0.25) is 5.76 Å². The second-order valence-corrected chi connectivity index (χ2v) is 9.23. The molecule has 1 heterocycles. The van der Waals surface area contributed by atoms with Gasteiger partial charge in [-0.1, -0.05) is 11.2 Å². The highest BCUT2D eigenvalue weighted by Crippen LogP contribution is 2.60. The third kappa shape index (κ3) is 3.05. The Morgan fingerprint density at radius 2 is 1.83 bits per heavy atom. The van der Waals surface area contributed by atoms with Crippen LogP contribution >= 0.6 is 0 Å². The SMILES string of the molecule is COc1ccc(C23CC4CC(CC(C4)C2)C3)cc1C=Cc1onc(C)c1[N+](=O)[O-]. The van der Waals surface area contributed by atoms with Crippen LogP contribution in [0, 0.1) is 34.8 Å². The van der Waals surface area contributed by atoms with Gasteiger partial charge in [0.25, 0.3) is 0 Å². The first-order valence-corrected chi connectivity index (χ1v) is 10.4. The molecule has 6 heteroatoms. The van der Waals surface area contributed by atoms with E-state index in [0.29, 0.717) is 5.41 Å². The van der Waals surface area contributed by atoms with Crippen molar-refractivity contribution in [2.24, 2.45) is 17.8 Å². The van der Waals surface area contributed by atoms with E-state index in [1.54, 1.807) is 20.1 Å². The molecular formula is C23H26N2O4. The average Bonchev–Trinajstić information content (AvgIpc) is 3.05. The van der Waals surface area contributed by atoms with Crippen molar-refractivity contribution in [2.75, 3.05) is 7.11 Å². The molecule has 152 valence electrons. The highest BCUT2D eigenvalue weighted by Gasteiger charge is 2.51. The van der Waals surface area contributed by atoms with Crippen molar-refractivity contribution >= 4 is 17.8 Å². The number of methoxy groups -OCH3 is 1. The molecule has 6 nitrogen and oxygen atoms in total. The monoisotopic (exact) mass is 394 g/mol. The number of hydrogen-bond donors (Lipinski definition) is 0. The molecule has 29 heavy (non-hydrogen) atoms. The Morgan fingerprint density at radius 1 is 1.17 bits per heavy atom. The number of aromatic nitrogens is 1. The summed E-state index contributed by atoms with van der Waals surface area (Å²) in [5.74, 6) is 3.55. The number of aryl methyl sites for hydroxylation is 1. The fourth-order valence-electron chi connectivity index (χ4n) is 6.54. The van der Waals surface area contributed by atoms with E-state index in [1.807, 2.05) is 12.1 Å². The van der Waals surface area contributed by atoms with Crippen molar-refractivity contribution in [3.05, 3.63) is 50.9 Å². The van der Waals surface area contributed by atoms with E-state index >= 15 is 0 Å². The Hall–Kier alpha value is -2.63. The van der Waals surface area contributed by atoms with E-state index in [4.69, 9.17) is 9.26 Å². The van der Waals surface area contributed by atoms with E-state index in [1.165, 1.54) is 44.1 Å². The molecule has 0 radical (unpaired) electrons. The van der Waals surface area contributed by atoms with Crippen molar-refractivity contribution in [3.63, 3.8) is 0 Å². The highest BCUT2D eigenvalue weighted by atomic mass is 16.6. The fraction of sp³-hybridized carbons (Fsp3) is 0.522. The molecule has 0 N–H and O–H groups in total. The van der Waals surface area contributed by atoms with E-state index in [0.717, 1.165) is 29.1 Å². The van der Waals surface area contributed by atoms with Crippen molar-refractivity contribution in [2.45, 2.75) is 50.9 Å². The average molecular weight is 394 g/mol. The lowest BCUT2D eigenvalue weighted by Gasteiger charge is -2.57. The molecule has 4 bridgehead atoms. The van der Waals surface area contributed by atoms with Gasteiger partial charge in [0.05, 0.1) is 12.0 Å². The van der Waals surface area contributed by atoms with Gasteiger partial charge in [-0.15, -0.1) is 0 Å². The summed E-state index contributed by atoms with van der Waals surface area (Å²) in [6, 6.07) is 6.48. The molecule has 4 fully saturated rings. The molecular weight excluding hydrogens is 368 g/mol. The van der Waals surface area contributed by atoms with Crippen LogP contribution in [0.1, 0.15) is 61.1 Å². The first kappa shape index (κ1) is 18.4. The Balaban J connectivity index is 1.50. The molecule has 2 aromatic rings. The van der Waals surface area contributed by atoms with Gasteiger partial charge in [0.1, 0.15) is 5.75 Å². The quantitative estimate of drug-likeness (QED) is 0.491. The molecule has 0 amide bonds. The van der Waals surface area contributed by atoms with Crippen LogP contribution in [0.25, 0.3) is 12.2 Å². The third-order valence-electron chi connectivity index (χ3n) is 7.33. The predicted octanol–water partition coefficient (Wildman–Crippen LogP) is 5.54. The number of rotatable bonds is 5. The molecule has 1 aromatic heterocycles. The van der Waals surface area contributed by atoms with Gasteiger partial charge >= 0.3 is 5.69 Å². The normalized spacial score (nSPS) is 30.2. The molecule has 0 aliphatic heterocycles. The molecule has 1 aromatic carbocycles.